The Hall–Kier alpha value is -1.26. The van der Waals surface area contributed by atoms with E-state index in [2.05, 4.69) is 5.32 Å². The molecule has 1 N–H and O–H groups in total. The highest BCUT2D eigenvalue weighted by molar-refractivity contribution is 5.43. The molecule has 0 bridgehead atoms. The average molecular weight is 193 g/mol. The summed E-state index contributed by atoms with van der Waals surface area (Å²) in [5, 5.41) is 2.20. The molecular weight excluding hydrogens is 186 g/mol. The summed E-state index contributed by atoms with van der Waals surface area (Å²) >= 11 is 0. The van der Waals surface area contributed by atoms with Gasteiger partial charge in [-0.25, -0.2) is 17.6 Å². The zero-order valence-electron chi connectivity index (χ0n) is 6.53. The van der Waals surface area contributed by atoms with Crippen molar-refractivity contribution in [1.29, 1.82) is 0 Å². The highest BCUT2D eigenvalue weighted by Gasteiger charge is 2.03. The highest BCUT2D eigenvalue weighted by atomic mass is 19.3. The molecule has 0 amide bonds. The van der Waals surface area contributed by atoms with E-state index in [1.165, 1.54) is 0 Å². The summed E-state index contributed by atoms with van der Waals surface area (Å²) in [7, 11) is 0. The summed E-state index contributed by atoms with van der Waals surface area (Å²) in [6.45, 7) is -0.622. The van der Waals surface area contributed by atoms with Crippen molar-refractivity contribution in [3.8, 4) is 0 Å². The zero-order valence-corrected chi connectivity index (χ0v) is 6.53. The number of alkyl halides is 2. The van der Waals surface area contributed by atoms with Crippen molar-refractivity contribution in [2.45, 2.75) is 6.43 Å². The van der Waals surface area contributed by atoms with Crippen molar-refractivity contribution in [3.05, 3.63) is 29.8 Å². The summed E-state index contributed by atoms with van der Waals surface area (Å²) in [5.74, 6) is -1.59. The van der Waals surface area contributed by atoms with Crippen LogP contribution in [0.15, 0.2) is 18.2 Å². The maximum atomic E-state index is 12.5. The van der Waals surface area contributed by atoms with Gasteiger partial charge in [0.15, 0.2) is 0 Å². The van der Waals surface area contributed by atoms with Gasteiger partial charge < -0.3 is 5.32 Å². The van der Waals surface area contributed by atoms with E-state index in [9.17, 15) is 17.6 Å². The zero-order chi connectivity index (χ0) is 9.84. The lowest BCUT2D eigenvalue weighted by atomic mass is 10.3. The number of anilines is 1. The lowest BCUT2D eigenvalue weighted by Crippen LogP contribution is -2.10. The van der Waals surface area contributed by atoms with Crippen molar-refractivity contribution in [2.75, 3.05) is 11.9 Å². The largest absolute Gasteiger partial charge is 0.379 e. The molecule has 0 atom stereocenters. The van der Waals surface area contributed by atoms with Gasteiger partial charge in [-0.1, -0.05) is 0 Å². The van der Waals surface area contributed by atoms with Crippen molar-refractivity contribution in [1.82, 2.24) is 0 Å². The molecule has 0 unspecified atom stereocenters. The minimum atomic E-state index is -2.55. The van der Waals surface area contributed by atoms with Crippen LogP contribution in [0.3, 0.4) is 0 Å². The second-order valence-corrected chi connectivity index (χ2v) is 2.43. The van der Waals surface area contributed by atoms with Crippen molar-refractivity contribution >= 4 is 5.69 Å². The third-order valence-corrected chi connectivity index (χ3v) is 1.32. The standard InChI is InChI=1S/C8H7F4N/c9-5-1-6(10)3-7(2-5)13-4-8(11)12/h1-3,8,13H,4H2. The first kappa shape index (κ1) is 9.83. The molecule has 1 aromatic carbocycles. The third-order valence-electron chi connectivity index (χ3n) is 1.32. The Morgan fingerprint density at radius 2 is 1.62 bits per heavy atom. The number of hydrogen-bond acceptors (Lipinski definition) is 1. The van der Waals surface area contributed by atoms with E-state index in [0.717, 1.165) is 12.1 Å². The molecule has 5 heteroatoms. The first-order valence-electron chi connectivity index (χ1n) is 3.56. The van der Waals surface area contributed by atoms with Crippen LogP contribution in [0, 0.1) is 11.6 Å². The molecule has 0 aliphatic heterocycles. The van der Waals surface area contributed by atoms with E-state index in [0.29, 0.717) is 6.07 Å². The summed E-state index contributed by atoms with van der Waals surface area (Å²) in [5.41, 5.74) is 0.0119. The van der Waals surface area contributed by atoms with Gasteiger partial charge in [0.2, 0.25) is 0 Å². The molecule has 0 aromatic heterocycles. The molecule has 72 valence electrons. The molecule has 0 aliphatic carbocycles. The van der Waals surface area contributed by atoms with Crippen LogP contribution in [0.5, 0.6) is 0 Å². The molecule has 1 nitrogen and oxygen atoms in total. The number of benzene rings is 1. The van der Waals surface area contributed by atoms with Crippen molar-refractivity contribution < 1.29 is 17.6 Å². The van der Waals surface area contributed by atoms with Crippen LogP contribution in [0.1, 0.15) is 0 Å². The molecule has 0 fully saturated rings. The molecule has 0 saturated carbocycles. The van der Waals surface area contributed by atoms with Gasteiger partial charge in [-0.15, -0.1) is 0 Å². The first-order chi connectivity index (χ1) is 6.08. The topological polar surface area (TPSA) is 12.0 Å². The lowest BCUT2D eigenvalue weighted by molar-refractivity contribution is 0.163. The normalized spacial score (nSPS) is 10.5. The summed E-state index contributed by atoms with van der Waals surface area (Å²) in [6.07, 6.45) is -2.55. The second kappa shape index (κ2) is 4.11. The Labute approximate surface area is 72.4 Å². The van der Waals surface area contributed by atoms with Crippen LogP contribution in [-0.2, 0) is 0 Å². The Morgan fingerprint density at radius 3 is 2.08 bits per heavy atom. The molecule has 0 aliphatic rings. The molecule has 13 heavy (non-hydrogen) atoms. The maximum Gasteiger partial charge on any atom is 0.255 e. The molecule has 0 spiro atoms. The number of rotatable bonds is 3. The van der Waals surface area contributed by atoms with E-state index >= 15 is 0 Å². The lowest BCUT2D eigenvalue weighted by Gasteiger charge is -2.05. The van der Waals surface area contributed by atoms with Gasteiger partial charge in [0.1, 0.15) is 11.6 Å². The van der Waals surface area contributed by atoms with Gasteiger partial charge in [-0.05, 0) is 12.1 Å². The molecule has 1 rings (SSSR count). The fourth-order valence-corrected chi connectivity index (χ4v) is 0.851. The monoisotopic (exact) mass is 193 g/mol. The maximum absolute atomic E-state index is 12.5. The SMILES string of the molecule is Fc1cc(F)cc(NCC(F)F)c1. The summed E-state index contributed by atoms with van der Waals surface area (Å²) < 4.78 is 48.3. The number of hydrogen-bond donors (Lipinski definition) is 1. The molecule has 0 radical (unpaired) electrons. The Kier molecular flexibility index (Phi) is 3.11. The van der Waals surface area contributed by atoms with Gasteiger partial charge >= 0.3 is 0 Å². The van der Waals surface area contributed by atoms with Crippen LogP contribution in [0.2, 0.25) is 0 Å². The van der Waals surface area contributed by atoms with E-state index < -0.39 is 24.6 Å². The first-order valence-corrected chi connectivity index (χ1v) is 3.56. The van der Waals surface area contributed by atoms with Gasteiger partial charge in [-0.2, -0.15) is 0 Å². The molecule has 0 heterocycles. The summed E-state index contributed by atoms with van der Waals surface area (Å²) in [4.78, 5) is 0. The third kappa shape index (κ3) is 3.31. The molecule has 0 saturated heterocycles. The Balaban J connectivity index is 2.66. The predicted molar refractivity (Wildman–Crippen MR) is 40.9 cm³/mol. The minimum absolute atomic E-state index is 0.0119. The smallest absolute Gasteiger partial charge is 0.255 e. The second-order valence-electron chi connectivity index (χ2n) is 2.43. The Morgan fingerprint density at radius 1 is 1.08 bits per heavy atom. The number of nitrogens with one attached hydrogen (secondary N) is 1. The average Bonchev–Trinajstić information content (AvgIpc) is 1.99. The van der Waals surface area contributed by atoms with E-state index in [4.69, 9.17) is 0 Å². The van der Waals surface area contributed by atoms with Gasteiger partial charge in [0.05, 0.1) is 6.54 Å². The van der Waals surface area contributed by atoms with Gasteiger partial charge in [-0.3, -0.25) is 0 Å². The van der Waals surface area contributed by atoms with Gasteiger partial charge in [0.25, 0.3) is 6.43 Å². The van der Waals surface area contributed by atoms with Crippen LogP contribution < -0.4 is 5.32 Å². The summed E-state index contributed by atoms with van der Waals surface area (Å²) in [6, 6.07) is 2.57. The van der Waals surface area contributed by atoms with E-state index in [-0.39, 0.29) is 5.69 Å². The molecule has 1 aromatic rings. The van der Waals surface area contributed by atoms with Crippen molar-refractivity contribution in [2.24, 2.45) is 0 Å². The predicted octanol–water partition coefficient (Wildman–Crippen LogP) is 2.64. The Bertz CT molecular complexity index is 267. The highest BCUT2D eigenvalue weighted by Crippen LogP contribution is 2.12. The van der Waals surface area contributed by atoms with E-state index in [1.54, 1.807) is 0 Å². The van der Waals surface area contributed by atoms with Crippen LogP contribution in [-0.4, -0.2) is 13.0 Å². The van der Waals surface area contributed by atoms with Crippen LogP contribution in [0.25, 0.3) is 0 Å². The minimum Gasteiger partial charge on any atom is -0.379 e. The van der Waals surface area contributed by atoms with Gasteiger partial charge in [0, 0.05) is 11.8 Å². The quantitative estimate of drug-likeness (QED) is 0.727. The van der Waals surface area contributed by atoms with Crippen LogP contribution >= 0.6 is 0 Å². The van der Waals surface area contributed by atoms with E-state index in [1.807, 2.05) is 0 Å². The van der Waals surface area contributed by atoms with Crippen LogP contribution in [0.4, 0.5) is 23.2 Å². The fourth-order valence-electron chi connectivity index (χ4n) is 0.851. The fraction of sp³-hybridized carbons (Fsp3) is 0.250. The van der Waals surface area contributed by atoms with Crippen molar-refractivity contribution in [3.63, 3.8) is 0 Å². The molecular formula is C8H7F4N. The number of halogens is 4.